The molecule has 1 saturated carbocycles. The van der Waals surface area contributed by atoms with Gasteiger partial charge in [-0.1, -0.05) is 0 Å². The number of hydrogen-bond donors (Lipinski definition) is 2. The van der Waals surface area contributed by atoms with Gasteiger partial charge >= 0.3 is 12.0 Å². The fourth-order valence-corrected chi connectivity index (χ4v) is 2.95. The molecule has 2 N–H and O–H groups in total. The number of carbonyl (C=O) groups is 2. The van der Waals surface area contributed by atoms with E-state index in [1.54, 1.807) is 24.3 Å². The van der Waals surface area contributed by atoms with Crippen molar-refractivity contribution < 1.29 is 23.8 Å². The molecule has 2 amide bonds. The number of rotatable bonds is 5. The van der Waals surface area contributed by atoms with Gasteiger partial charge in [-0.2, -0.15) is 0 Å². The zero-order chi connectivity index (χ0) is 17.5. The minimum absolute atomic E-state index is 0.0436. The summed E-state index contributed by atoms with van der Waals surface area (Å²) in [6.45, 7) is 2.01. The molecule has 1 saturated heterocycles. The predicted octanol–water partition coefficient (Wildman–Crippen LogP) is 2.32. The topological polar surface area (TPSA) is 85.9 Å². The Morgan fingerprint density at radius 3 is 2.56 bits per heavy atom. The molecule has 1 atom stereocenters. The molecular weight excluding hydrogens is 324 g/mol. The number of urea groups is 1. The van der Waals surface area contributed by atoms with E-state index < -0.39 is 0 Å². The lowest BCUT2D eigenvalue weighted by molar-refractivity contribution is -0.0852. The van der Waals surface area contributed by atoms with Crippen LogP contribution in [0.25, 0.3) is 0 Å². The first kappa shape index (κ1) is 17.7. The standard InChI is InChI=1S/C18H24N2O5/c21-17(25-15-3-1-2-4-15)13-5-7-14(8-6-13)20-18(22)19-11-16-12-23-9-10-24-16/h5-8,15-16H,1-4,9-12H2,(H2,19,20,22). The number of hydrogen-bond acceptors (Lipinski definition) is 5. The van der Waals surface area contributed by atoms with E-state index >= 15 is 0 Å². The zero-order valence-electron chi connectivity index (χ0n) is 14.2. The highest BCUT2D eigenvalue weighted by atomic mass is 16.6. The van der Waals surface area contributed by atoms with Crippen LogP contribution in [-0.2, 0) is 14.2 Å². The number of esters is 1. The molecule has 1 unspecified atom stereocenters. The number of nitrogens with one attached hydrogen (secondary N) is 2. The lowest BCUT2D eigenvalue weighted by Gasteiger charge is -2.23. The van der Waals surface area contributed by atoms with E-state index in [9.17, 15) is 9.59 Å². The maximum atomic E-state index is 12.1. The largest absolute Gasteiger partial charge is 0.459 e. The maximum Gasteiger partial charge on any atom is 0.338 e. The molecule has 0 aromatic heterocycles. The highest BCUT2D eigenvalue weighted by Crippen LogP contribution is 2.22. The summed E-state index contributed by atoms with van der Waals surface area (Å²) >= 11 is 0. The van der Waals surface area contributed by atoms with Gasteiger partial charge in [-0.3, -0.25) is 0 Å². The Hall–Kier alpha value is -2.12. The van der Waals surface area contributed by atoms with Crippen LogP contribution in [0.1, 0.15) is 36.0 Å². The fourth-order valence-electron chi connectivity index (χ4n) is 2.95. The van der Waals surface area contributed by atoms with E-state index in [-0.39, 0.29) is 24.2 Å². The molecule has 0 spiro atoms. The SMILES string of the molecule is O=C(NCC1COCCO1)Nc1ccc(C(=O)OC2CCCC2)cc1. The summed E-state index contributed by atoms with van der Waals surface area (Å²) in [5, 5.41) is 5.46. The Bertz CT molecular complexity index is 578. The first-order chi connectivity index (χ1) is 12.2. The number of amides is 2. The smallest absolute Gasteiger partial charge is 0.338 e. The Morgan fingerprint density at radius 1 is 1.12 bits per heavy atom. The lowest BCUT2D eigenvalue weighted by atomic mass is 10.2. The number of ether oxygens (including phenoxy) is 3. The van der Waals surface area contributed by atoms with E-state index in [0.29, 0.717) is 37.6 Å². The van der Waals surface area contributed by atoms with Crippen molar-refractivity contribution in [1.29, 1.82) is 0 Å². The molecule has 0 bridgehead atoms. The summed E-state index contributed by atoms with van der Waals surface area (Å²) in [5.74, 6) is -0.308. The molecule has 0 radical (unpaired) electrons. The molecule has 2 fully saturated rings. The van der Waals surface area contributed by atoms with E-state index in [2.05, 4.69) is 10.6 Å². The van der Waals surface area contributed by atoms with Crippen molar-refractivity contribution in [2.24, 2.45) is 0 Å². The second kappa shape index (κ2) is 8.82. The Balaban J connectivity index is 1.43. The van der Waals surface area contributed by atoms with E-state index in [1.807, 2.05) is 0 Å². The minimum Gasteiger partial charge on any atom is -0.459 e. The molecular formula is C18H24N2O5. The van der Waals surface area contributed by atoms with Crippen LogP contribution in [0.4, 0.5) is 10.5 Å². The maximum absolute atomic E-state index is 12.1. The van der Waals surface area contributed by atoms with Gasteiger partial charge in [0.15, 0.2) is 0 Å². The number of benzene rings is 1. The highest BCUT2D eigenvalue weighted by Gasteiger charge is 2.20. The van der Waals surface area contributed by atoms with Crippen molar-refractivity contribution in [3.05, 3.63) is 29.8 Å². The Morgan fingerprint density at radius 2 is 1.88 bits per heavy atom. The van der Waals surface area contributed by atoms with Crippen molar-refractivity contribution in [3.8, 4) is 0 Å². The van der Waals surface area contributed by atoms with Crippen LogP contribution in [0.2, 0.25) is 0 Å². The van der Waals surface area contributed by atoms with Crippen LogP contribution >= 0.6 is 0 Å². The summed E-state index contributed by atoms with van der Waals surface area (Å²) < 4.78 is 16.2. The van der Waals surface area contributed by atoms with Crippen LogP contribution in [0, 0.1) is 0 Å². The first-order valence-electron chi connectivity index (χ1n) is 8.76. The second-order valence-corrected chi connectivity index (χ2v) is 6.29. The fraction of sp³-hybridized carbons (Fsp3) is 0.556. The summed E-state index contributed by atoms with van der Waals surface area (Å²) in [6, 6.07) is 6.36. The van der Waals surface area contributed by atoms with E-state index in [0.717, 1.165) is 25.7 Å². The van der Waals surface area contributed by atoms with Crippen molar-refractivity contribution in [1.82, 2.24) is 5.32 Å². The normalized spacial score (nSPS) is 20.9. The van der Waals surface area contributed by atoms with Gasteiger partial charge in [0.1, 0.15) is 6.10 Å². The van der Waals surface area contributed by atoms with E-state index in [1.165, 1.54) is 0 Å². The predicted molar refractivity (Wildman–Crippen MR) is 91.7 cm³/mol. The lowest BCUT2D eigenvalue weighted by Crippen LogP contribution is -2.41. The van der Waals surface area contributed by atoms with Gasteiger partial charge in [-0.05, 0) is 49.9 Å². The van der Waals surface area contributed by atoms with Gasteiger partial charge in [0.05, 0.1) is 31.5 Å². The molecule has 7 nitrogen and oxygen atoms in total. The molecule has 25 heavy (non-hydrogen) atoms. The summed E-state index contributed by atoms with van der Waals surface area (Å²) in [5.41, 5.74) is 1.10. The van der Waals surface area contributed by atoms with Gasteiger partial charge in [0.2, 0.25) is 0 Å². The summed E-state index contributed by atoms with van der Waals surface area (Å²) in [7, 11) is 0. The van der Waals surface area contributed by atoms with Crippen molar-refractivity contribution in [2.45, 2.75) is 37.9 Å². The Kier molecular flexibility index (Phi) is 6.25. The van der Waals surface area contributed by atoms with Crippen LogP contribution in [0.3, 0.4) is 0 Å². The second-order valence-electron chi connectivity index (χ2n) is 6.29. The molecule has 3 rings (SSSR count). The highest BCUT2D eigenvalue weighted by molar-refractivity contribution is 5.92. The first-order valence-corrected chi connectivity index (χ1v) is 8.76. The third-order valence-electron chi connectivity index (χ3n) is 4.33. The van der Waals surface area contributed by atoms with Crippen LogP contribution < -0.4 is 10.6 Å². The van der Waals surface area contributed by atoms with Crippen molar-refractivity contribution >= 4 is 17.7 Å². The average molecular weight is 348 g/mol. The zero-order valence-corrected chi connectivity index (χ0v) is 14.2. The Labute approximate surface area is 147 Å². The van der Waals surface area contributed by atoms with Gasteiger partial charge in [0, 0.05) is 12.2 Å². The molecule has 2 aliphatic rings. The van der Waals surface area contributed by atoms with Crippen LogP contribution in [-0.4, -0.2) is 50.6 Å². The summed E-state index contributed by atoms with van der Waals surface area (Å²) in [6.07, 6.45) is 4.05. The molecule has 1 aliphatic heterocycles. The average Bonchev–Trinajstić information content (AvgIpc) is 3.14. The van der Waals surface area contributed by atoms with Crippen LogP contribution in [0.5, 0.6) is 0 Å². The molecule has 136 valence electrons. The monoisotopic (exact) mass is 348 g/mol. The third kappa shape index (κ3) is 5.44. The van der Waals surface area contributed by atoms with Gasteiger partial charge in [-0.25, -0.2) is 9.59 Å². The van der Waals surface area contributed by atoms with Crippen molar-refractivity contribution in [3.63, 3.8) is 0 Å². The molecule has 1 heterocycles. The van der Waals surface area contributed by atoms with Crippen LogP contribution in [0.15, 0.2) is 24.3 Å². The molecule has 7 heteroatoms. The quantitative estimate of drug-likeness (QED) is 0.798. The van der Waals surface area contributed by atoms with Gasteiger partial charge in [-0.15, -0.1) is 0 Å². The molecule has 1 aliphatic carbocycles. The number of carbonyl (C=O) groups excluding carboxylic acids is 2. The van der Waals surface area contributed by atoms with Gasteiger partial charge in [0.25, 0.3) is 0 Å². The minimum atomic E-state index is -0.324. The summed E-state index contributed by atoms with van der Waals surface area (Å²) in [4.78, 5) is 24.0. The third-order valence-corrected chi connectivity index (χ3v) is 4.33. The van der Waals surface area contributed by atoms with E-state index in [4.69, 9.17) is 14.2 Å². The van der Waals surface area contributed by atoms with Gasteiger partial charge < -0.3 is 24.8 Å². The molecule has 1 aromatic rings. The van der Waals surface area contributed by atoms with Crippen molar-refractivity contribution in [2.75, 3.05) is 31.7 Å². The number of anilines is 1. The molecule has 1 aromatic carbocycles.